The SMILES string of the molecule is CC/C=C\C/C=C\C/C=C\C/C=C\C/C=C\CCCCCC(=O)OCC(COP(=O)(O)OCC(O)COP(=O)(O)OCC(COC(=O)CCCC/C=C\C/C=C\C/C=C\C/C=C\CC)OC(=O)CCCCCCCCCCCCCCC)OC(=O)CCCCCCC/C=C\C/C=C\CCCCC. The Bertz CT molecular complexity index is 2460. The molecule has 584 valence electrons. The summed E-state index contributed by atoms with van der Waals surface area (Å²) in [5.41, 5.74) is 0. The highest BCUT2D eigenvalue weighted by atomic mass is 31.2. The fraction of sp³-hybridized carbons (Fsp3) is 0.687. The molecular weight excluding hydrogens is 1330 g/mol. The molecule has 102 heavy (non-hydrogen) atoms. The molecule has 0 spiro atoms. The van der Waals surface area contributed by atoms with Crippen LogP contribution in [0.2, 0.25) is 0 Å². The summed E-state index contributed by atoms with van der Waals surface area (Å²) in [5.74, 6) is -2.27. The van der Waals surface area contributed by atoms with Gasteiger partial charge in [-0.25, -0.2) is 9.13 Å². The minimum absolute atomic E-state index is 0.0676. The van der Waals surface area contributed by atoms with E-state index in [1.54, 1.807) is 0 Å². The zero-order valence-corrected chi connectivity index (χ0v) is 65.5. The average molecular weight is 1470 g/mol. The number of unbranched alkanes of at least 4 members (excludes halogenated alkanes) is 25. The van der Waals surface area contributed by atoms with E-state index in [0.717, 1.165) is 161 Å². The summed E-state index contributed by atoms with van der Waals surface area (Å²) >= 11 is 0. The molecule has 0 heterocycles. The van der Waals surface area contributed by atoms with E-state index in [1.807, 2.05) is 0 Å². The maximum absolute atomic E-state index is 13.1. The van der Waals surface area contributed by atoms with Gasteiger partial charge in [0.2, 0.25) is 0 Å². The smallest absolute Gasteiger partial charge is 0.462 e. The molecule has 0 bridgehead atoms. The Kier molecular flexibility index (Phi) is 71.0. The monoisotopic (exact) mass is 1470 g/mol. The van der Waals surface area contributed by atoms with Crippen LogP contribution in [0.5, 0.6) is 0 Å². The van der Waals surface area contributed by atoms with Crippen LogP contribution < -0.4 is 0 Å². The minimum atomic E-state index is -4.99. The fourth-order valence-electron chi connectivity index (χ4n) is 10.1. The van der Waals surface area contributed by atoms with Gasteiger partial charge in [0.25, 0.3) is 0 Å². The van der Waals surface area contributed by atoms with Gasteiger partial charge in [0.1, 0.15) is 19.3 Å². The molecule has 0 saturated heterocycles. The van der Waals surface area contributed by atoms with Crippen molar-refractivity contribution >= 4 is 39.5 Å². The largest absolute Gasteiger partial charge is 0.472 e. The van der Waals surface area contributed by atoms with E-state index in [4.69, 9.17) is 37.0 Å². The van der Waals surface area contributed by atoms with E-state index in [9.17, 15) is 43.2 Å². The Morgan fingerprint density at radius 1 is 0.284 bits per heavy atom. The van der Waals surface area contributed by atoms with Gasteiger partial charge in [0.15, 0.2) is 12.2 Å². The van der Waals surface area contributed by atoms with Crippen molar-refractivity contribution in [2.75, 3.05) is 39.6 Å². The highest BCUT2D eigenvalue weighted by molar-refractivity contribution is 7.47. The van der Waals surface area contributed by atoms with E-state index in [0.29, 0.717) is 25.7 Å². The lowest BCUT2D eigenvalue weighted by Crippen LogP contribution is -2.30. The first-order valence-corrected chi connectivity index (χ1v) is 42.4. The summed E-state index contributed by atoms with van der Waals surface area (Å²) in [6.07, 6.45) is 82.9. The standard InChI is InChI=1S/C83H140O17P2/c1-5-9-13-17-21-25-29-33-36-37-38-39-42-45-48-52-56-60-64-68-81(86)94-74-79(100-83(88)70-66-62-58-54-50-46-41-35-31-27-23-19-15-11-7-3)76-98-102(91,92)96-72-77(84)71-95-101(89,90)97-75-78(99-82(87)69-65-61-57-53-49-43-32-28-24-20-16-12-8-4)73-93-80(85)67-63-59-55-51-47-44-40-34-30-26-22-18-14-10-6-2/h9-10,13-14,21-23,25-27,33-36,38-41,45,47-48,51,77-79,84H,5-8,11-12,15-20,24,28-32,37,42-44,46,49-50,52-76H2,1-4H3,(H,89,90)(H,91,92)/b13-9-,14-10-,25-21-,26-22-,27-23-,36-33-,39-38-,40-34-,41-35-,48-45-,51-47-. The van der Waals surface area contributed by atoms with Crippen molar-refractivity contribution in [3.05, 3.63) is 134 Å². The van der Waals surface area contributed by atoms with E-state index in [1.165, 1.54) is 70.6 Å². The molecule has 0 amide bonds. The Labute approximate surface area is 618 Å². The Morgan fingerprint density at radius 2 is 0.510 bits per heavy atom. The predicted molar refractivity (Wildman–Crippen MR) is 418 cm³/mol. The zero-order chi connectivity index (χ0) is 74.6. The van der Waals surface area contributed by atoms with E-state index >= 15 is 0 Å². The van der Waals surface area contributed by atoms with Crippen LogP contribution in [0.15, 0.2) is 134 Å². The third-order valence-corrected chi connectivity index (χ3v) is 18.0. The van der Waals surface area contributed by atoms with Crippen molar-refractivity contribution in [1.29, 1.82) is 0 Å². The molecule has 0 aromatic heterocycles. The molecule has 0 aliphatic carbocycles. The molecule has 0 aliphatic rings. The summed E-state index contributed by atoms with van der Waals surface area (Å²) < 4.78 is 68.5. The van der Waals surface area contributed by atoms with Crippen LogP contribution in [0.3, 0.4) is 0 Å². The van der Waals surface area contributed by atoms with Gasteiger partial charge < -0.3 is 33.8 Å². The molecule has 0 aliphatic heterocycles. The van der Waals surface area contributed by atoms with Crippen molar-refractivity contribution in [2.45, 2.75) is 329 Å². The number of aliphatic hydroxyl groups is 1. The number of phosphoric acid groups is 2. The van der Waals surface area contributed by atoms with E-state index < -0.39 is 97.5 Å². The van der Waals surface area contributed by atoms with Crippen LogP contribution in [0.4, 0.5) is 0 Å². The lowest BCUT2D eigenvalue weighted by atomic mass is 10.0. The lowest BCUT2D eigenvalue weighted by molar-refractivity contribution is -0.161. The number of hydrogen-bond donors (Lipinski definition) is 3. The highest BCUT2D eigenvalue weighted by Gasteiger charge is 2.30. The fourth-order valence-corrected chi connectivity index (χ4v) is 11.7. The molecule has 17 nitrogen and oxygen atoms in total. The van der Waals surface area contributed by atoms with E-state index in [-0.39, 0.29) is 25.7 Å². The number of aliphatic hydroxyl groups excluding tert-OH is 1. The second kappa shape index (κ2) is 74.5. The molecule has 0 aromatic carbocycles. The quantitative estimate of drug-likeness (QED) is 0.0169. The first-order chi connectivity index (χ1) is 49.7. The zero-order valence-electron chi connectivity index (χ0n) is 63.7. The maximum atomic E-state index is 13.1. The number of allylic oxidation sites excluding steroid dienone is 22. The summed E-state index contributed by atoms with van der Waals surface area (Å²) in [6.45, 7) is 4.53. The Hall–Kier alpha value is -4.80. The van der Waals surface area contributed by atoms with Crippen LogP contribution in [0.1, 0.15) is 310 Å². The van der Waals surface area contributed by atoms with Crippen molar-refractivity contribution in [2.24, 2.45) is 0 Å². The van der Waals surface area contributed by atoms with Gasteiger partial charge in [0, 0.05) is 25.7 Å². The molecule has 0 fully saturated rings. The average Bonchev–Trinajstić information content (AvgIpc) is 0.924. The maximum Gasteiger partial charge on any atom is 0.472 e. The number of phosphoric ester groups is 2. The summed E-state index contributed by atoms with van der Waals surface area (Å²) in [4.78, 5) is 72.9. The molecule has 0 saturated carbocycles. The number of ether oxygens (including phenoxy) is 4. The second-order valence-corrected chi connectivity index (χ2v) is 28.8. The first-order valence-electron chi connectivity index (χ1n) is 39.4. The molecule has 0 aromatic rings. The van der Waals surface area contributed by atoms with E-state index in [2.05, 4.69) is 161 Å². The van der Waals surface area contributed by atoms with Crippen molar-refractivity contribution in [3.63, 3.8) is 0 Å². The Morgan fingerprint density at radius 3 is 0.833 bits per heavy atom. The minimum Gasteiger partial charge on any atom is -0.462 e. The molecule has 0 radical (unpaired) electrons. The second-order valence-electron chi connectivity index (χ2n) is 25.9. The van der Waals surface area contributed by atoms with Crippen LogP contribution in [-0.4, -0.2) is 96.7 Å². The van der Waals surface area contributed by atoms with Gasteiger partial charge in [0.05, 0.1) is 26.4 Å². The van der Waals surface area contributed by atoms with Gasteiger partial charge in [-0.2, -0.15) is 0 Å². The summed E-state index contributed by atoms with van der Waals surface area (Å²) in [5, 5.41) is 10.6. The van der Waals surface area contributed by atoms with Crippen LogP contribution >= 0.6 is 15.6 Å². The number of rotatable bonds is 73. The number of carbonyl (C=O) groups is 4. The van der Waals surface area contributed by atoms with Gasteiger partial charge >= 0.3 is 39.5 Å². The lowest BCUT2D eigenvalue weighted by Gasteiger charge is -2.21. The van der Waals surface area contributed by atoms with Crippen LogP contribution in [-0.2, 0) is 65.4 Å². The Balaban J connectivity index is 5.42. The van der Waals surface area contributed by atoms with Gasteiger partial charge in [-0.15, -0.1) is 0 Å². The summed E-state index contributed by atoms with van der Waals surface area (Å²) in [7, 11) is -9.98. The van der Waals surface area contributed by atoms with Crippen LogP contribution in [0, 0.1) is 0 Å². The van der Waals surface area contributed by atoms with Gasteiger partial charge in [-0.05, 0) is 141 Å². The molecular formula is C83H140O17P2. The number of hydrogen-bond acceptors (Lipinski definition) is 15. The molecule has 3 N–H and O–H groups in total. The molecule has 0 rings (SSSR count). The topological polar surface area (TPSA) is 237 Å². The van der Waals surface area contributed by atoms with Crippen molar-refractivity contribution < 1.29 is 80.2 Å². The predicted octanol–water partition coefficient (Wildman–Crippen LogP) is 22.9. The van der Waals surface area contributed by atoms with Crippen molar-refractivity contribution in [3.8, 4) is 0 Å². The first kappa shape index (κ1) is 97.2. The third kappa shape index (κ3) is 73.5. The van der Waals surface area contributed by atoms with Gasteiger partial charge in [-0.3, -0.25) is 37.3 Å². The molecule has 5 atom stereocenters. The highest BCUT2D eigenvalue weighted by Crippen LogP contribution is 2.45. The summed E-state index contributed by atoms with van der Waals surface area (Å²) in [6, 6.07) is 0. The number of carbonyl (C=O) groups excluding carboxylic acids is 4. The van der Waals surface area contributed by atoms with Crippen LogP contribution in [0.25, 0.3) is 0 Å². The van der Waals surface area contributed by atoms with Crippen molar-refractivity contribution in [1.82, 2.24) is 0 Å². The molecule has 19 heteroatoms. The normalized spacial score (nSPS) is 14.6. The molecule has 5 unspecified atom stereocenters. The number of esters is 4. The van der Waals surface area contributed by atoms with Gasteiger partial charge in [-0.1, -0.05) is 277 Å². The third-order valence-electron chi connectivity index (χ3n) is 16.1.